The molecule has 166 valence electrons. The van der Waals surface area contributed by atoms with Crippen molar-refractivity contribution < 1.29 is 23.8 Å². The van der Waals surface area contributed by atoms with Crippen LogP contribution in [0.2, 0.25) is 10.0 Å². The van der Waals surface area contributed by atoms with E-state index < -0.39 is 0 Å². The molecular formula is C22H24Cl2N2O5. The van der Waals surface area contributed by atoms with E-state index in [2.05, 4.69) is 0 Å². The minimum absolute atomic E-state index is 0.0362. The molecular weight excluding hydrogens is 443 g/mol. The second-order valence-electron chi connectivity index (χ2n) is 7.01. The third-order valence-corrected chi connectivity index (χ3v) is 5.71. The lowest BCUT2D eigenvalue weighted by Gasteiger charge is -2.35. The maximum absolute atomic E-state index is 12.8. The Morgan fingerprint density at radius 1 is 0.871 bits per heavy atom. The van der Waals surface area contributed by atoms with Crippen molar-refractivity contribution in [3.8, 4) is 17.2 Å². The monoisotopic (exact) mass is 466 g/mol. The molecule has 1 aliphatic heterocycles. The number of rotatable bonds is 6. The van der Waals surface area contributed by atoms with Crippen LogP contribution >= 0.6 is 23.2 Å². The molecule has 1 saturated heterocycles. The summed E-state index contributed by atoms with van der Waals surface area (Å²) in [5.41, 5.74) is 1.16. The van der Waals surface area contributed by atoms with E-state index in [9.17, 15) is 9.59 Å². The van der Waals surface area contributed by atoms with Crippen LogP contribution in [-0.4, -0.2) is 69.1 Å². The van der Waals surface area contributed by atoms with Crippen LogP contribution in [-0.2, 0) is 11.2 Å². The fraction of sp³-hybridized carbons (Fsp3) is 0.364. The van der Waals surface area contributed by atoms with E-state index in [-0.39, 0.29) is 18.2 Å². The van der Waals surface area contributed by atoms with Crippen molar-refractivity contribution in [3.05, 3.63) is 51.5 Å². The van der Waals surface area contributed by atoms with Gasteiger partial charge in [0.2, 0.25) is 11.7 Å². The quantitative estimate of drug-likeness (QED) is 0.650. The first-order chi connectivity index (χ1) is 14.9. The molecule has 0 aliphatic carbocycles. The van der Waals surface area contributed by atoms with Crippen LogP contribution in [0.1, 0.15) is 15.9 Å². The zero-order valence-electron chi connectivity index (χ0n) is 17.6. The van der Waals surface area contributed by atoms with Crippen LogP contribution in [0.3, 0.4) is 0 Å². The number of ether oxygens (including phenoxy) is 3. The minimum Gasteiger partial charge on any atom is -0.493 e. The van der Waals surface area contributed by atoms with Crippen molar-refractivity contribution in [2.45, 2.75) is 6.42 Å². The molecule has 7 nitrogen and oxygen atoms in total. The van der Waals surface area contributed by atoms with Crippen molar-refractivity contribution in [3.63, 3.8) is 0 Å². The smallest absolute Gasteiger partial charge is 0.255 e. The van der Waals surface area contributed by atoms with Crippen molar-refractivity contribution in [1.82, 2.24) is 9.80 Å². The van der Waals surface area contributed by atoms with Crippen molar-refractivity contribution in [2.75, 3.05) is 47.5 Å². The lowest BCUT2D eigenvalue weighted by molar-refractivity contribution is -0.131. The van der Waals surface area contributed by atoms with Crippen LogP contribution in [0.25, 0.3) is 0 Å². The molecule has 0 radical (unpaired) electrons. The Hall–Kier alpha value is -2.64. The summed E-state index contributed by atoms with van der Waals surface area (Å²) in [4.78, 5) is 29.0. The molecule has 0 atom stereocenters. The third-order valence-electron chi connectivity index (χ3n) is 5.16. The van der Waals surface area contributed by atoms with Gasteiger partial charge in [0, 0.05) is 31.2 Å². The molecule has 0 bridgehead atoms. The van der Waals surface area contributed by atoms with E-state index in [1.165, 1.54) is 21.3 Å². The molecule has 9 heteroatoms. The molecule has 0 saturated carbocycles. The number of benzene rings is 2. The predicted octanol–water partition coefficient (Wildman–Crippen LogP) is 3.55. The average molecular weight is 467 g/mol. The number of hydrogen-bond acceptors (Lipinski definition) is 5. The summed E-state index contributed by atoms with van der Waals surface area (Å²) in [6, 6.07) is 8.34. The number of hydrogen-bond donors (Lipinski definition) is 0. The summed E-state index contributed by atoms with van der Waals surface area (Å²) in [6.07, 6.45) is 0.188. The molecule has 31 heavy (non-hydrogen) atoms. The standard InChI is InChI=1S/C22H24Cl2N2O5/c1-29-18-10-14(11-19(30-2)21(18)31-3)12-20(27)25-6-8-26(9-7-25)22(28)16-5-4-15(23)13-17(16)24/h4-5,10-11,13H,6-9,12H2,1-3H3. The summed E-state index contributed by atoms with van der Waals surface area (Å²) in [5, 5.41) is 0.794. The number of carbonyl (C=O) groups is 2. The van der Waals surface area contributed by atoms with E-state index in [4.69, 9.17) is 37.4 Å². The summed E-state index contributed by atoms with van der Waals surface area (Å²) < 4.78 is 16.0. The van der Waals surface area contributed by atoms with Gasteiger partial charge < -0.3 is 24.0 Å². The van der Waals surface area contributed by atoms with E-state index in [0.717, 1.165) is 5.56 Å². The average Bonchev–Trinajstić information content (AvgIpc) is 2.78. The second kappa shape index (κ2) is 10.1. The highest BCUT2D eigenvalue weighted by Crippen LogP contribution is 2.38. The van der Waals surface area contributed by atoms with Gasteiger partial charge in [0.1, 0.15) is 0 Å². The molecule has 2 aromatic rings. The highest BCUT2D eigenvalue weighted by Gasteiger charge is 2.26. The maximum Gasteiger partial charge on any atom is 0.255 e. The second-order valence-corrected chi connectivity index (χ2v) is 7.85. The van der Waals surface area contributed by atoms with Gasteiger partial charge in [-0.3, -0.25) is 9.59 Å². The first-order valence-electron chi connectivity index (χ1n) is 9.69. The number of piperazine rings is 1. The van der Waals surface area contributed by atoms with Gasteiger partial charge in [0.15, 0.2) is 11.5 Å². The van der Waals surface area contributed by atoms with E-state index in [1.807, 2.05) is 0 Å². The number of nitrogens with zero attached hydrogens (tertiary/aromatic N) is 2. The first-order valence-corrected chi connectivity index (χ1v) is 10.4. The lowest BCUT2D eigenvalue weighted by atomic mass is 10.1. The summed E-state index contributed by atoms with van der Waals surface area (Å²) in [6.45, 7) is 1.75. The van der Waals surface area contributed by atoms with Crippen LogP contribution in [0.15, 0.2) is 30.3 Å². The van der Waals surface area contributed by atoms with Gasteiger partial charge >= 0.3 is 0 Å². The SMILES string of the molecule is COc1cc(CC(=O)N2CCN(C(=O)c3ccc(Cl)cc3Cl)CC2)cc(OC)c1OC. The van der Waals surface area contributed by atoms with E-state index in [1.54, 1.807) is 40.1 Å². The van der Waals surface area contributed by atoms with Crippen LogP contribution in [0.5, 0.6) is 17.2 Å². The largest absolute Gasteiger partial charge is 0.493 e. The van der Waals surface area contributed by atoms with E-state index >= 15 is 0 Å². The molecule has 3 rings (SSSR count). The molecule has 0 N–H and O–H groups in total. The van der Waals surface area contributed by atoms with Crippen molar-refractivity contribution >= 4 is 35.0 Å². The number of methoxy groups -OCH3 is 3. The van der Waals surface area contributed by atoms with E-state index in [0.29, 0.717) is 59.0 Å². The normalized spacial score (nSPS) is 13.7. The molecule has 0 aromatic heterocycles. The van der Waals surface area contributed by atoms with Crippen molar-refractivity contribution in [2.24, 2.45) is 0 Å². The molecule has 2 aromatic carbocycles. The Balaban J connectivity index is 1.63. The van der Waals surface area contributed by atoms with Gasteiger partial charge in [-0.2, -0.15) is 0 Å². The number of halogens is 2. The number of amides is 2. The molecule has 2 amide bonds. The summed E-state index contributed by atoms with van der Waals surface area (Å²) in [5.74, 6) is 1.28. The zero-order chi connectivity index (χ0) is 22.5. The third kappa shape index (κ3) is 5.17. The molecule has 0 unspecified atom stereocenters. The maximum atomic E-state index is 12.8. The number of carbonyl (C=O) groups excluding carboxylic acids is 2. The Labute approximate surface area is 191 Å². The van der Waals surface area contributed by atoms with Gasteiger partial charge in [-0.15, -0.1) is 0 Å². The van der Waals surface area contributed by atoms with Gasteiger partial charge in [-0.05, 0) is 35.9 Å². The Kier molecular flexibility index (Phi) is 7.51. The Morgan fingerprint density at radius 3 is 1.97 bits per heavy atom. The van der Waals surface area contributed by atoms with Gasteiger partial charge in [0.05, 0.1) is 38.3 Å². The molecule has 0 spiro atoms. The first kappa shape index (κ1) is 23.0. The molecule has 1 aliphatic rings. The predicted molar refractivity (Wildman–Crippen MR) is 119 cm³/mol. The van der Waals surface area contributed by atoms with Crippen LogP contribution in [0, 0.1) is 0 Å². The molecule has 1 heterocycles. The van der Waals surface area contributed by atoms with Gasteiger partial charge in [-0.1, -0.05) is 23.2 Å². The van der Waals surface area contributed by atoms with Crippen LogP contribution in [0.4, 0.5) is 0 Å². The Morgan fingerprint density at radius 2 is 1.45 bits per heavy atom. The highest BCUT2D eigenvalue weighted by atomic mass is 35.5. The fourth-order valence-corrected chi connectivity index (χ4v) is 4.01. The summed E-state index contributed by atoms with van der Waals surface area (Å²) >= 11 is 12.1. The topological polar surface area (TPSA) is 68.3 Å². The minimum atomic E-state index is -0.168. The van der Waals surface area contributed by atoms with Crippen LogP contribution < -0.4 is 14.2 Å². The lowest BCUT2D eigenvalue weighted by Crippen LogP contribution is -2.51. The summed E-state index contributed by atoms with van der Waals surface area (Å²) in [7, 11) is 4.60. The van der Waals surface area contributed by atoms with Crippen molar-refractivity contribution in [1.29, 1.82) is 0 Å². The Bertz CT molecular complexity index is 949. The fourth-order valence-electron chi connectivity index (χ4n) is 3.52. The highest BCUT2D eigenvalue weighted by molar-refractivity contribution is 6.36. The van der Waals surface area contributed by atoms with Gasteiger partial charge in [-0.25, -0.2) is 0 Å². The zero-order valence-corrected chi connectivity index (χ0v) is 19.1. The molecule has 1 fully saturated rings. The van der Waals surface area contributed by atoms with Gasteiger partial charge in [0.25, 0.3) is 5.91 Å².